The van der Waals surface area contributed by atoms with Gasteiger partial charge in [0, 0.05) is 11.0 Å². The van der Waals surface area contributed by atoms with Crippen molar-refractivity contribution in [3.05, 3.63) is 56.8 Å². The average Bonchev–Trinajstić information content (AvgIpc) is 2.99. The van der Waals surface area contributed by atoms with E-state index in [0.29, 0.717) is 6.61 Å². The van der Waals surface area contributed by atoms with Crippen LogP contribution in [0.5, 0.6) is 0 Å². The highest BCUT2D eigenvalue weighted by Gasteiger charge is 2.26. The molecular weight excluding hydrogens is 340 g/mol. The smallest absolute Gasteiger partial charge is 0.330 e. The van der Waals surface area contributed by atoms with Gasteiger partial charge in [-0.2, -0.15) is 0 Å². The maximum Gasteiger partial charge on any atom is 0.330 e. The zero-order chi connectivity index (χ0) is 19.2. The van der Waals surface area contributed by atoms with Gasteiger partial charge in [-0.25, -0.2) is 4.79 Å². The number of carbonyl (C=O) groups is 1. The fraction of sp³-hybridized carbons (Fsp3) is 0.435. The molecule has 0 radical (unpaired) electrons. The normalized spacial score (nSPS) is 18.1. The Balaban J connectivity index is 2.16. The van der Waals surface area contributed by atoms with E-state index in [9.17, 15) is 4.79 Å². The SMILES string of the molecule is CCOC(=O)/C=C(C)/C=C/c1sccc1/C=C/C1=C(C)CCCC1(C)C. The summed E-state index contributed by atoms with van der Waals surface area (Å²) in [4.78, 5) is 12.7. The van der Waals surface area contributed by atoms with Crippen LogP contribution in [0.4, 0.5) is 0 Å². The molecule has 140 valence electrons. The molecule has 0 atom stereocenters. The number of carbonyl (C=O) groups excluding carboxylic acids is 1. The Morgan fingerprint density at radius 1 is 1.31 bits per heavy atom. The van der Waals surface area contributed by atoms with Crippen molar-refractivity contribution < 1.29 is 9.53 Å². The van der Waals surface area contributed by atoms with Crippen molar-refractivity contribution >= 4 is 29.5 Å². The Morgan fingerprint density at radius 3 is 2.77 bits per heavy atom. The van der Waals surface area contributed by atoms with Gasteiger partial charge < -0.3 is 4.74 Å². The van der Waals surface area contributed by atoms with Crippen LogP contribution in [0, 0.1) is 5.41 Å². The summed E-state index contributed by atoms with van der Waals surface area (Å²) in [7, 11) is 0. The van der Waals surface area contributed by atoms with Crippen molar-refractivity contribution in [2.75, 3.05) is 6.61 Å². The minimum atomic E-state index is -0.289. The van der Waals surface area contributed by atoms with Crippen LogP contribution >= 0.6 is 11.3 Å². The Hall–Kier alpha value is -1.87. The summed E-state index contributed by atoms with van der Waals surface area (Å²) >= 11 is 1.71. The molecule has 1 heterocycles. The third-order valence-electron chi connectivity index (χ3n) is 4.83. The Kier molecular flexibility index (Phi) is 7.22. The van der Waals surface area contributed by atoms with Gasteiger partial charge in [-0.1, -0.05) is 37.6 Å². The number of rotatable bonds is 6. The lowest BCUT2D eigenvalue weighted by Crippen LogP contribution is -2.18. The fourth-order valence-corrected chi connectivity index (χ4v) is 4.19. The van der Waals surface area contributed by atoms with Gasteiger partial charge in [0.05, 0.1) is 6.61 Å². The van der Waals surface area contributed by atoms with Crippen LogP contribution in [-0.4, -0.2) is 12.6 Å². The number of esters is 1. The molecule has 26 heavy (non-hydrogen) atoms. The van der Waals surface area contributed by atoms with Crippen LogP contribution in [-0.2, 0) is 9.53 Å². The highest BCUT2D eigenvalue weighted by Crippen LogP contribution is 2.41. The van der Waals surface area contributed by atoms with Crippen molar-refractivity contribution in [3.63, 3.8) is 0 Å². The largest absolute Gasteiger partial charge is 0.463 e. The molecule has 1 aromatic rings. The molecule has 0 fully saturated rings. The predicted octanol–water partition coefficient (Wildman–Crippen LogP) is 6.81. The Bertz CT molecular complexity index is 757. The van der Waals surface area contributed by atoms with Gasteiger partial charge in [0.1, 0.15) is 0 Å². The first kappa shape index (κ1) is 20.4. The Morgan fingerprint density at radius 2 is 2.08 bits per heavy atom. The van der Waals surface area contributed by atoms with Crippen molar-refractivity contribution in [3.8, 4) is 0 Å². The zero-order valence-corrected chi connectivity index (χ0v) is 17.4. The van der Waals surface area contributed by atoms with Gasteiger partial charge in [0.25, 0.3) is 0 Å². The lowest BCUT2D eigenvalue weighted by molar-refractivity contribution is -0.137. The van der Waals surface area contributed by atoms with Gasteiger partial charge in [-0.3, -0.25) is 0 Å². The van der Waals surface area contributed by atoms with Crippen molar-refractivity contribution in [2.45, 2.75) is 53.9 Å². The molecule has 1 aliphatic rings. The lowest BCUT2D eigenvalue weighted by Gasteiger charge is -2.32. The second-order valence-corrected chi connectivity index (χ2v) is 8.43. The van der Waals surface area contributed by atoms with Crippen molar-refractivity contribution in [1.29, 1.82) is 0 Å². The summed E-state index contributed by atoms with van der Waals surface area (Å²) < 4.78 is 4.95. The third-order valence-corrected chi connectivity index (χ3v) is 5.73. The molecule has 1 aromatic heterocycles. The summed E-state index contributed by atoms with van der Waals surface area (Å²) in [5, 5.41) is 2.11. The Labute approximate surface area is 162 Å². The standard InChI is InChI=1S/C23H30O2S/c1-6-25-22(24)16-17(2)9-12-21-19(13-15-26-21)10-11-20-18(3)8-7-14-23(20,4)5/h9-13,15-16H,6-8,14H2,1-5H3/b11-10+,12-9+,17-16+. The van der Waals surface area contributed by atoms with Crippen LogP contribution in [0.1, 0.15) is 64.3 Å². The first-order valence-electron chi connectivity index (χ1n) is 9.32. The van der Waals surface area contributed by atoms with E-state index in [1.807, 2.05) is 19.9 Å². The summed E-state index contributed by atoms with van der Waals surface area (Å²) in [6, 6.07) is 2.15. The summed E-state index contributed by atoms with van der Waals surface area (Å²) in [5.41, 5.74) is 5.35. The van der Waals surface area contributed by atoms with E-state index in [1.165, 1.54) is 46.9 Å². The molecule has 0 aliphatic heterocycles. The summed E-state index contributed by atoms with van der Waals surface area (Å²) in [6.07, 6.45) is 13.8. The summed E-state index contributed by atoms with van der Waals surface area (Å²) in [5.74, 6) is -0.289. The molecule has 0 unspecified atom stereocenters. The molecule has 0 saturated heterocycles. The number of hydrogen-bond acceptors (Lipinski definition) is 3. The number of allylic oxidation sites excluding steroid dienone is 5. The van der Waals surface area contributed by atoms with E-state index >= 15 is 0 Å². The minimum Gasteiger partial charge on any atom is -0.463 e. The van der Waals surface area contributed by atoms with Gasteiger partial charge in [0.15, 0.2) is 0 Å². The monoisotopic (exact) mass is 370 g/mol. The molecule has 0 N–H and O–H groups in total. The number of ether oxygens (including phenoxy) is 1. The summed E-state index contributed by atoms with van der Waals surface area (Å²) in [6.45, 7) is 11.1. The van der Waals surface area contributed by atoms with Crippen molar-refractivity contribution in [2.24, 2.45) is 5.41 Å². The third kappa shape index (κ3) is 5.57. The molecule has 0 aromatic carbocycles. The van der Waals surface area contributed by atoms with Crippen LogP contribution in [0.3, 0.4) is 0 Å². The van der Waals surface area contributed by atoms with E-state index in [4.69, 9.17) is 4.74 Å². The molecule has 2 rings (SSSR count). The van der Waals surface area contributed by atoms with Gasteiger partial charge in [-0.15, -0.1) is 11.3 Å². The first-order chi connectivity index (χ1) is 12.3. The highest BCUT2D eigenvalue weighted by atomic mass is 32.1. The highest BCUT2D eigenvalue weighted by molar-refractivity contribution is 7.11. The maximum absolute atomic E-state index is 11.5. The molecule has 0 bridgehead atoms. The topological polar surface area (TPSA) is 26.3 Å². The van der Waals surface area contributed by atoms with E-state index < -0.39 is 0 Å². The fourth-order valence-electron chi connectivity index (χ4n) is 3.41. The second kappa shape index (κ2) is 9.18. The van der Waals surface area contributed by atoms with E-state index in [0.717, 1.165) is 5.57 Å². The van der Waals surface area contributed by atoms with Gasteiger partial charge >= 0.3 is 5.97 Å². The molecule has 0 amide bonds. The van der Waals surface area contributed by atoms with Crippen LogP contribution in [0.2, 0.25) is 0 Å². The molecular formula is C23H30O2S. The second-order valence-electron chi connectivity index (χ2n) is 7.48. The molecule has 2 nitrogen and oxygen atoms in total. The number of thiophene rings is 1. The van der Waals surface area contributed by atoms with Gasteiger partial charge in [-0.05, 0) is 79.7 Å². The quantitative estimate of drug-likeness (QED) is 0.312. The zero-order valence-electron chi connectivity index (χ0n) is 16.6. The predicted molar refractivity (Wildman–Crippen MR) is 113 cm³/mol. The molecule has 0 saturated carbocycles. The maximum atomic E-state index is 11.5. The molecule has 1 aliphatic carbocycles. The lowest BCUT2D eigenvalue weighted by atomic mass is 9.72. The van der Waals surface area contributed by atoms with E-state index in [1.54, 1.807) is 11.3 Å². The molecule has 0 spiro atoms. The van der Waals surface area contributed by atoms with Crippen LogP contribution in [0.25, 0.3) is 12.2 Å². The van der Waals surface area contributed by atoms with E-state index in [2.05, 4.69) is 50.4 Å². The van der Waals surface area contributed by atoms with Crippen LogP contribution < -0.4 is 0 Å². The van der Waals surface area contributed by atoms with Gasteiger partial charge in [0.2, 0.25) is 0 Å². The van der Waals surface area contributed by atoms with E-state index in [-0.39, 0.29) is 11.4 Å². The average molecular weight is 371 g/mol. The number of hydrogen-bond donors (Lipinski definition) is 0. The minimum absolute atomic E-state index is 0.254. The first-order valence-corrected chi connectivity index (χ1v) is 10.2. The molecule has 3 heteroatoms. The van der Waals surface area contributed by atoms with Crippen molar-refractivity contribution in [1.82, 2.24) is 0 Å². The van der Waals surface area contributed by atoms with Crippen LogP contribution in [0.15, 0.2) is 46.4 Å².